The summed E-state index contributed by atoms with van der Waals surface area (Å²) in [6, 6.07) is 9.13. The summed E-state index contributed by atoms with van der Waals surface area (Å²) in [4.78, 5) is 16.3. The van der Waals surface area contributed by atoms with Crippen LogP contribution in [0.5, 0.6) is 0 Å². The summed E-state index contributed by atoms with van der Waals surface area (Å²) in [5.74, 6) is -0.260. The smallest absolute Gasteiger partial charge is 0.244 e. The predicted octanol–water partition coefficient (Wildman–Crippen LogP) is 3.13. The molecule has 0 spiro atoms. The molecule has 5 heteroatoms. The van der Waals surface area contributed by atoms with Crippen LogP contribution >= 0.6 is 11.6 Å². The van der Waals surface area contributed by atoms with E-state index in [1.54, 1.807) is 24.4 Å². The first-order valence-electron chi connectivity index (χ1n) is 5.92. The molecule has 94 valence electrons. The fraction of sp³-hybridized carbons (Fsp3) is 0.214. The molecule has 1 heterocycles. The van der Waals surface area contributed by atoms with E-state index in [9.17, 15) is 4.79 Å². The van der Waals surface area contributed by atoms with Crippen molar-refractivity contribution in [3.8, 4) is 6.07 Å². The van der Waals surface area contributed by atoms with Gasteiger partial charge in [0.05, 0.1) is 22.3 Å². The Balaban J connectivity index is 2.01. The van der Waals surface area contributed by atoms with Gasteiger partial charge in [-0.25, -0.2) is 0 Å². The Morgan fingerprint density at radius 3 is 2.89 bits per heavy atom. The number of hydrogen-bond donors (Lipinski definition) is 1. The van der Waals surface area contributed by atoms with Gasteiger partial charge in [0, 0.05) is 11.6 Å². The Kier molecular flexibility index (Phi) is 2.65. The van der Waals surface area contributed by atoms with E-state index in [1.165, 1.54) is 0 Å². The molecule has 1 aromatic carbocycles. The van der Waals surface area contributed by atoms with Gasteiger partial charge in [-0.15, -0.1) is 0 Å². The lowest BCUT2D eigenvalue weighted by Crippen LogP contribution is -2.22. The van der Waals surface area contributed by atoms with E-state index in [0.29, 0.717) is 29.1 Å². The van der Waals surface area contributed by atoms with Crippen LogP contribution in [0.3, 0.4) is 0 Å². The van der Waals surface area contributed by atoms with Crippen molar-refractivity contribution in [2.45, 2.75) is 12.8 Å². The number of nitrogens with zero attached hydrogens (tertiary/aromatic N) is 2. The molecule has 0 radical (unpaired) electrons. The number of rotatable bonds is 2. The molecule has 1 aliphatic rings. The molecule has 0 saturated heterocycles. The lowest BCUT2D eigenvalue weighted by molar-refractivity contribution is -0.119. The molecule has 1 aliphatic carbocycles. The van der Waals surface area contributed by atoms with Gasteiger partial charge in [-0.1, -0.05) is 11.6 Å². The molecular formula is C14H10ClN3O. The first-order chi connectivity index (χ1) is 9.16. The molecule has 1 saturated carbocycles. The molecule has 19 heavy (non-hydrogen) atoms. The van der Waals surface area contributed by atoms with Crippen LogP contribution in [-0.2, 0) is 4.79 Å². The van der Waals surface area contributed by atoms with Crippen LogP contribution in [0.2, 0.25) is 5.02 Å². The fourth-order valence-corrected chi connectivity index (χ4v) is 2.21. The topological polar surface area (TPSA) is 65.8 Å². The molecule has 1 aromatic heterocycles. The molecule has 3 rings (SSSR count). The van der Waals surface area contributed by atoms with Gasteiger partial charge in [-0.3, -0.25) is 9.78 Å². The van der Waals surface area contributed by atoms with Crippen molar-refractivity contribution >= 4 is 34.1 Å². The SMILES string of the molecule is N#CC1(C(=O)Nc2ccc(Cl)c3cccnc23)CC1. The van der Waals surface area contributed by atoms with Gasteiger partial charge in [0.2, 0.25) is 5.91 Å². The lowest BCUT2D eigenvalue weighted by atomic mass is 10.1. The van der Waals surface area contributed by atoms with E-state index < -0.39 is 5.41 Å². The minimum Gasteiger partial charge on any atom is -0.323 e. The highest BCUT2D eigenvalue weighted by Crippen LogP contribution is 2.46. The van der Waals surface area contributed by atoms with Crippen LogP contribution in [0, 0.1) is 16.7 Å². The fourth-order valence-electron chi connectivity index (χ4n) is 2.00. The average molecular weight is 272 g/mol. The number of carbonyl (C=O) groups excluding carboxylic acids is 1. The molecular weight excluding hydrogens is 262 g/mol. The second-order valence-electron chi connectivity index (χ2n) is 4.64. The van der Waals surface area contributed by atoms with Crippen molar-refractivity contribution in [3.05, 3.63) is 35.5 Å². The number of benzene rings is 1. The summed E-state index contributed by atoms with van der Waals surface area (Å²) >= 11 is 6.09. The maximum atomic E-state index is 12.1. The number of nitrogens with one attached hydrogen (secondary N) is 1. The number of aromatic nitrogens is 1. The van der Waals surface area contributed by atoms with Crippen molar-refractivity contribution < 1.29 is 4.79 Å². The number of fused-ring (bicyclic) bond motifs is 1. The van der Waals surface area contributed by atoms with E-state index in [1.807, 2.05) is 6.07 Å². The van der Waals surface area contributed by atoms with Crippen molar-refractivity contribution in [1.29, 1.82) is 5.26 Å². The highest BCUT2D eigenvalue weighted by molar-refractivity contribution is 6.36. The standard InChI is InChI=1S/C14H10ClN3O/c15-10-3-4-11(12-9(10)2-1-7-17-12)18-13(19)14(8-16)5-6-14/h1-4,7H,5-6H2,(H,18,19). The Hall–Kier alpha value is -2.12. The minimum absolute atomic E-state index is 0.260. The van der Waals surface area contributed by atoms with Crippen LogP contribution in [0.4, 0.5) is 5.69 Å². The molecule has 0 unspecified atom stereocenters. The maximum absolute atomic E-state index is 12.1. The van der Waals surface area contributed by atoms with Crippen molar-refractivity contribution in [2.75, 3.05) is 5.32 Å². The quantitative estimate of drug-likeness (QED) is 0.912. The zero-order valence-corrected chi connectivity index (χ0v) is 10.7. The maximum Gasteiger partial charge on any atom is 0.244 e. The number of pyridine rings is 1. The summed E-state index contributed by atoms with van der Waals surface area (Å²) < 4.78 is 0. The Morgan fingerprint density at radius 1 is 1.42 bits per heavy atom. The number of hydrogen-bond acceptors (Lipinski definition) is 3. The van der Waals surface area contributed by atoms with Gasteiger partial charge < -0.3 is 5.32 Å². The lowest BCUT2D eigenvalue weighted by Gasteiger charge is -2.10. The molecule has 1 amide bonds. The van der Waals surface area contributed by atoms with Crippen LogP contribution in [0.1, 0.15) is 12.8 Å². The van der Waals surface area contributed by atoms with Gasteiger partial charge in [0.1, 0.15) is 5.41 Å². The number of halogens is 1. The minimum atomic E-state index is -0.846. The number of carbonyl (C=O) groups is 1. The molecule has 0 aliphatic heterocycles. The van der Waals surface area contributed by atoms with Crippen LogP contribution in [0.15, 0.2) is 30.5 Å². The summed E-state index contributed by atoms with van der Waals surface area (Å²) in [6.45, 7) is 0. The van der Waals surface area contributed by atoms with Crippen molar-refractivity contribution in [2.24, 2.45) is 5.41 Å². The number of anilines is 1. The normalized spacial score (nSPS) is 15.8. The summed E-state index contributed by atoms with van der Waals surface area (Å²) in [5.41, 5.74) is 0.379. The van der Waals surface area contributed by atoms with E-state index in [2.05, 4.69) is 16.4 Å². The van der Waals surface area contributed by atoms with E-state index >= 15 is 0 Å². The third kappa shape index (κ3) is 1.92. The van der Waals surface area contributed by atoms with E-state index in [0.717, 1.165) is 5.39 Å². The summed E-state index contributed by atoms with van der Waals surface area (Å²) in [6.07, 6.45) is 2.88. The Bertz CT molecular complexity index is 716. The molecule has 0 atom stereocenters. The van der Waals surface area contributed by atoms with Gasteiger partial charge in [0.25, 0.3) is 0 Å². The summed E-state index contributed by atoms with van der Waals surface area (Å²) in [5, 5.41) is 13.2. The second-order valence-corrected chi connectivity index (χ2v) is 5.05. The Morgan fingerprint density at radius 2 is 2.21 bits per heavy atom. The number of amides is 1. The Labute approximate surface area is 115 Å². The van der Waals surface area contributed by atoms with Crippen LogP contribution < -0.4 is 5.32 Å². The highest BCUT2D eigenvalue weighted by Gasteiger charge is 2.50. The average Bonchev–Trinajstić information content (AvgIpc) is 3.23. The van der Waals surface area contributed by atoms with Crippen molar-refractivity contribution in [1.82, 2.24) is 4.98 Å². The first-order valence-corrected chi connectivity index (χ1v) is 6.30. The molecule has 1 N–H and O–H groups in total. The van der Waals surface area contributed by atoms with Gasteiger partial charge >= 0.3 is 0 Å². The highest BCUT2D eigenvalue weighted by atomic mass is 35.5. The van der Waals surface area contributed by atoms with Gasteiger partial charge in [-0.05, 0) is 37.1 Å². The van der Waals surface area contributed by atoms with Crippen LogP contribution in [0.25, 0.3) is 10.9 Å². The zero-order valence-electron chi connectivity index (χ0n) is 9.98. The van der Waals surface area contributed by atoms with Crippen molar-refractivity contribution in [3.63, 3.8) is 0 Å². The van der Waals surface area contributed by atoms with E-state index in [-0.39, 0.29) is 5.91 Å². The monoisotopic (exact) mass is 271 g/mol. The zero-order chi connectivity index (χ0) is 13.5. The van der Waals surface area contributed by atoms with Gasteiger partial charge in [0.15, 0.2) is 0 Å². The predicted molar refractivity (Wildman–Crippen MR) is 72.7 cm³/mol. The van der Waals surface area contributed by atoms with Gasteiger partial charge in [-0.2, -0.15) is 5.26 Å². The molecule has 2 aromatic rings. The summed E-state index contributed by atoms with van der Waals surface area (Å²) in [7, 11) is 0. The van der Waals surface area contributed by atoms with Crippen LogP contribution in [-0.4, -0.2) is 10.9 Å². The third-order valence-electron chi connectivity index (χ3n) is 3.36. The molecule has 1 fully saturated rings. The third-order valence-corrected chi connectivity index (χ3v) is 3.69. The number of nitriles is 1. The second kappa shape index (κ2) is 4.22. The molecule has 0 bridgehead atoms. The first kappa shape index (κ1) is 11.9. The van der Waals surface area contributed by atoms with E-state index in [4.69, 9.17) is 16.9 Å². The largest absolute Gasteiger partial charge is 0.323 e. The molecule has 4 nitrogen and oxygen atoms in total.